The molecule has 1 N–H and O–H groups in total. The SMILES string of the molecule is O=C(Cc1ccc(Br)cc1F)Nc1cc(C2(C(F)(F)F)CCC2)on1. The van der Waals surface area contributed by atoms with Crippen LogP contribution in [0.5, 0.6) is 0 Å². The minimum Gasteiger partial charge on any atom is -0.358 e. The fourth-order valence-electron chi connectivity index (χ4n) is 2.78. The van der Waals surface area contributed by atoms with Crippen LogP contribution in [0, 0.1) is 5.82 Å². The molecule has 1 aromatic heterocycles. The van der Waals surface area contributed by atoms with E-state index in [1.54, 1.807) is 6.07 Å². The molecule has 0 aliphatic heterocycles. The standard InChI is InChI=1S/C16H13BrF4N2O2/c17-10-3-2-9(11(18)7-10)6-14(24)22-13-8-12(25-23-13)15(4-1-5-15)16(19,20)21/h2-3,7-8H,1,4-6H2,(H,22,23,24). The summed E-state index contributed by atoms with van der Waals surface area (Å²) in [5, 5.41) is 5.82. The number of carbonyl (C=O) groups excluding carboxylic acids is 1. The highest BCUT2D eigenvalue weighted by atomic mass is 79.9. The van der Waals surface area contributed by atoms with E-state index < -0.39 is 23.3 Å². The molecule has 1 fully saturated rings. The third-order valence-electron chi connectivity index (χ3n) is 4.37. The normalized spacial score (nSPS) is 16.4. The molecule has 9 heteroatoms. The lowest BCUT2D eigenvalue weighted by Gasteiger charge is -2.40. The Morgan fingerprint density at radius 1 is 1.32 bits per heavy atom. The van der Waals surface area contributed by atoms with Crippen molar-refractivity contribution >= 4 is 27.7 Å². The summed E-state index contributed by atoms with van der Waals surface area (Å²) in [6.45, 7) is 0. The molecule has 3 rings (SSSR count). The summed E-state index contributed by atoms with van der Waals surface area (Å²) in [5.74, 6) is -1.59. The van der Waals surface area contributed by atoms with Gasteiger partial charge in [0.1, 0.15) is 11.2 Å². The summed E-state index contributed by atoms with van der Waals surface area (Å²) >= 11 is 3.11. The van der Waals surface area contributed by atoms with Crippen LogP contribution in [0.2, 0.25) is 0 Å². The molecular weight excluding hydrogens is 408 g/mol. The fraction of sp³-hybridized carbons (Fsp3) is 0.375. The van der Waals surface area contributed by atoms with Crippen LogP contribution < -0.4 is 5.32 Å². The second-order valence-electron chi connectivity index (χ2n) is 5.97. The van der Waals surface area contributed by atoms with Crippen LogP contribution in [0.25, 0.3) is 0 Å². The van der Waals surface area contributed by atoms with Gasteiger partial charge in [-0.2, -0.15) is 13.2 Å². The van der Waals surface area contributed by atoms with E-state index in [-0.39, 0.29) is 36.4 Å². The second kappa shape index (κ2) is 6.44. The number of benzene rings is 1. The van der Waals surface area contributed by atoms with E-state index in [1.807, 2.05) is 0 Å². The van der Waals surface area contributed by atoms with Crippen LogP contribution in [0.15, 0.2) is 33.3 Å². The molecule has 0 atom stereocenters. The molecule has 0 bridgehead atoms. The summed E-state index contributed by atoms with van der Waals surface area (Å²) in [4.78, 5) is 12.0. The molecule has 1 aliphatic carbocycles. The number of hydrogen-bond donors (Lipinski definition) is 1. The molecular formula is C16H13BrF4N2O2. The molecule has 0 unspecified atom stereocenters. The van der Waals surface area contributed by atoms with Gasteiger partial charge in [0, 0.05) is 10.5 Å². The van der Waals surface area contributed by atoms with Crippen molar-refractivity contribution < 1.29 is 26.9 Å². The third-order valence-corrected chi connectivity index (χ3v) is 4.86. The van der Waals surface area contributed by atoms with Crippen molar-refractivity contribution in [1.29, 1.82) is 0 Å². The van der Waals surface area contributed by atoms with Gasteiger partial charge in [-0.05, 0) is 30.5 Å². The zero-order chi connectivity index (χ0) is 18.2. The lowest BCUT2D eigenvalue weighted by atomic mass is 9.66. The summed E-state index contributed by atoms with van der Waals surface area (Å²) in [7, 11) is 0. The molecule has 1 saturated carbocycles. The van der Waals surface area contributed by atoms with Gasteiger partial charge in [0.05, 0.1) is 6.42 Å². The third kappa shape index (κ3) is 3.42. The Labute approximate surface area is 148 Å². The quantitative estimate of drug-likeness (QED) is 0.726. The first-order valence-electron chi connectivity index (χ1n) is 7.49. The van der Waals surface area contributed by atoms with E-state index in [0.717, 1.165) is 6.07 Å². The number of halogens is 5. The van der Waals surface area contributed by atoms with Gasteiger partial charge in [-0.3, -0.25) is 4.79 Å². The smallest absolute Gasteiger partial charge is 0.358 e. The predicted molar refractivity (Wildman–Crippen MR) is 84.5 cm³/mol. The predicted octanol–water partition coefficient (Wildman–Crippen LogP) is 4.74. The summed E-state index contributed by atoms with van der Waals surface area (Å²) in [5.41, 5.74) is -1.86. The van der Waals surface area contributed by atoms with Gasteiger partial charge in [-0.15, -0.1) is 0 Å². The maximum absolute atomic E-state index is 13.7. The number of rotatable bonds is 4. The first-order valence-corrected chi connectivity index (χ1v) is 8.28. The number of alkyl halides is 3. The average Bonchev–Trinajstić information content (AvgIpc) is 2.87. The van der Waals surface area contributed by atoms with Crippen molar-refractivity contribution in [3.63, 3.8) is 0 Å². The maximum Gasteiger partial charge on any atom is 0.401 e. The van der Waals surface area contributed by atoms with Gasteiger partial charge in [0.25, 0.3) is 0 Å². The second-order valence-corrected chi connectivity index (χ2v) is 6.89. The Morgan fingerprint density at radius 2 is 2.04 bits per heavy atom. The van der Waals surface area contributed by atoms with Crippen LogP contribution in [-0.2, 0) is 16.6 Å². The van der Waals surface area contributed by atoms with Gasteiger partial charge in [0.2, 0.25) is 5.91 Å². The van der Waals surface area contributed by atoms with Gasteiger partial charge in [0.15, 0.2) is 11.6 Å². The molecule has 1 heterocycles. The number of carbonyl (C=O) groups is 1. The number of hydrogen-bond acceptors (Lipinski definition) is 3. The molecule has 1 aliphatic rings. The molecule has 2 aromatic rings. The molecule has 1 amide bonds. The number of aromatic nitrogens is 1. The van der Waals surface area contributed by atoms with Gasteiger partial charge >= 0.3 is 6.18 Å². The van der Waals surface area contributed by atoms with Gasteiger partial charge < -0.3 is 9.84 Å². The van der Waals surface area contributed by atoms with E-state index in [9.17, 15) is 22.4 Å². The first-order chi connectivity index (χ1) is 11.7. The Kier molecular flexibility index (Phi) is 4.61. The first kappa shape index (κ1) is 17.9. The number of anilines is 1. The highest BCUT2D eigenvalue weighted by Crippen LogP contribution is 2.54. The zero-order valence-electron chi connectivity index (χ0n) is 12.8. The van der Waals surface area contributed by atoms with E-state index in [0.29, 0.717) is 10.9 Å². The van der Waals surface area contributed by atoms with Gasteiger partial charge in [-0.25, -0.2) is 4.39 Å². The van der Waals surface area contributed by atoms with E-state index in [1.165, 1.54) is 12.1 Å². The molecule has 4 nitrogen and oxygen atoms in total. The molecule has 0 spiro atoms. The van der Waals surface area contributed by atoms with Crippen LogP contribution in [-0.4, -0.2) is 17.2 Å². The minimum absolute atomic E-state index is 0.0663. The maximum atomic E-state index is 13.7. The van der Waals surface area contributed by atoms with Crippen molar-refractivity contribution in [2.75, 3.05) is 5.32 Å². The van der Waals surface area contributed by atoms with Crippen molar-refractivity contribution in [3.05, 3.63) is 45.9 Å². The van der Waals surface area contributed by atoms with E-state index >= 15 is 0 Å². The zero-order valence-corrected chi connectivity index (χ0v) is 14.4. The topological polar surface area (TPSA) is 55.1 Å². The van der Waals surface area contributed by atoms with Crippen molar-refractivity contribution in [2.45, 2.75) is 37.3 Å². The molecule has 25 heavy (non-hydrogen) atoms. The molecule has 1 aromatic carbocycles. The van der Waals surface area contributed by atoms with Crippen molar-refractivity contribution in [2.24, 2.45) is 0 Å². The molecule has 0 radical (unpaired) electrons. The van der Waals surface area contributed by atoms with Crippen LogP contribution in [0.4, 0.5) is 23.4 Å². The van der Waals surface area contributed by atoms with Crippen LogP contribution in [0.3, 0.4) is 0 Å². The highest BCUT2D eigenvalue weighted by molar-refractivity contribution is 9.10. The number of amides is 1. The Bertz CT molecular complexity index is 800. The van der Waals surface area contributed by atoms with E-state index in [4.69, 9.17) is 4.52 Å². The average molecular weight is 421 g/mol. The van der Waals surface area contributed by atoms with E-state index in [2.05, 4.69) is 26.4 Å². The molecule has 0 saturated heterocycles. The lowest BCUT2D eigenvalue weighted by Crippen LogP contribution is -2.47. The van der Waals surface area contributed by atoms with Crippen LogP contribution >= 0.6 is 15.9 Å². The minimum atomic E-state index is -4.44. The Hall–Kier alpha value is -1.90. The lowest BCUT2D eigenvalue weighted by molar-refractivity contribution is -0.218. The monoisotopic (exact) mass is 420 g/mol. The van der Waals surface area contributed by atoms with Gasteiger partial charge in [-0.1, -0.05) is 33.6 Å². The Balaban J connectivity index is 1.70. The fourth-order valence-corrected chi connectivity index (χ4v) is 3.12. The summed E-state index contributed by atoms with van der Waals surface area (Å²) in [6, 6.07) is 5.34. The van der Waals surface area contributed by atoms with Crippen LogP contribution in [0.1, 0.15) is 30.6 Å². The van der Waals surface area contributed by atoms with Crippen molar-refractivity contribution in [1.82, 2.24) is 5.16 Å². The number of nitrogens with zero attached hydrogens (tertiary/aromatic N) is 1. The number of nitrogens with one attached hydrogen (secondary N) is 1. The summed E-state index contributed by atoms with van der Waals surface area (Å²) in [6.07, 6.45) is -4.39. The molecule has 134 valence electrons. The Morgan fingerprint density at radius 3 is 2.60 bits per heavy atom. The van der Waals surface area contributed by atoms with Crippen molar-refractivity contribution in [3.8, 4) is 0 Å². The summed E-state index contributed by atoms with van der Waals surface area (Å²) < 4.78 is 58.9. The highest BCUT2D eigenvalue weighted by Gasteiger charge is 2.61. The largest absolute Gasteiger partial charge is 0.401 e.